The number of fused-ring (bicyclic) bond motifs is 1. The van der Waals surface area contributed by atoms with E-state index in [0.717, 1.165) is 35.4 Å². The minimum atomic E-state index is -0.723. The summed E-state index contributed by atoms with van der Waals surface area (Å²) in [6, 6.07) is 2.33. The molecule has 3 heterocycles. The van der Waals surface area contributed by atoms with Crippen LogP contribution in [0.25, 0.3) is 10.2 Å². The van der Waals surface area contributed by atoms with Gasteiger partial charge in [0.05, 0.1) is 5.39 Å². The topological polar surface area (TPSA) is 66.3 Å². The molecule has 3 rings (SSSR count). The number of aliphatic carboxylic acids is 1. The fourth-order valence-corrected chi connectivity index (χ4v) is 3.60. The predicted molar refractivity (Wildman–Crippen MR) is 79.3 cm³/mol. The fourth-order valence-electron chi connectivity index (χ4n) is 2.88. The molecule has 0 spiro atoms. The summed E-state index contributed by atoms with van der Waals surface area (Å²) >= 11 is 1.61. The van der Waals surface area contributed by atoms with Crippen LogP contribution in [0.1, 0.15) is 32.1 Å². The first-order valence-corrected chi connectivity index (χ1v) is 7.80. The summed E-state index contributed by atoms with van der Waals surface area (Å²) in [6.45, 7) is 0.951. The molecule has 106 valence electrons. The summed E-state index contributed by atoms with van der Waals surface area (Å²) in [7, 11) is 0. The molecule has 6 heteroatoms. The van der Waals surface area contributed by atoms with Gasteiger partial charge in [-0.3, -0.25) is 4.79 Å². The van der Waals surface area contributed by atoms with Crippen molar-refractivity contribution in [1.29, 1.82) is 0 Å². The van der Waals surface area contributed by atoms with Gasteiger partial charge in [-0.1, -0.05) is 0 Å². The van der Waals surface area contributed by atoms with Gasteiger partial charge in [-0.15, -0.1) is 11.3 Å². The van der Waals surface area contributed by atoms with Gasteiger partial charge < -0.3 is 10.0 Å². The van der Waals surface area contributed by atoms with Crippen LogP contribution < -0.4 is 4.90 Å². The molecule has 1 fully saturated rings. The lowest BCUT2D eigenvalue weighted by Gasteiger charge is -2.36. The monoisotopic (exact) mass is 291 g/mol. The van der Waals surface area contributed by atoms with Gasteiger partial charge in [-0.25, -0.2) is 9.97 Å². The molecule has 1 aliphatic rings. The highest BCUT2D eigenvalue weighted by Crippen LogP contribution is 2.32. The quantitative estimate of drug-likeness (QED) is 0.938. The third-order valence-electron chi connectivity index (χ3n) is 3.83. The number of nitrogens with zero attached hydrogens (tertiary/aromatic N) is 3. The third-order valence-corrected chi connectivity index (χ3v) is 4.65. The molecule has 0 saturated carbocycles. The number of hydrogen-bond donors (Lipinski definition) is 1. The van der Waals surface area contributed by atoms with Gasteiger partial charge in [0.1, 0.15) is 17.0 Å². The Bertz CT molecular complexity index is 613. The highest BCUT2D eigenvalue weighted by molar-refractivity contribution is 7.16. The molecular formula is C14H17N3O2S. The Morgan fingerprint density at radius 3 is 3.20 bits per heavy atom. The maximum Gasteiger partial charge on any atom is 0.303 e. The largest absolute Gasteiger partial charge is 0.481 e. The number of carbonyl (C=O) groups is 1. The van der Waals surface area contributed by atoms with Crippen molar-refractivity contribution in [1.82, 2.24) is 9.97 Å². The van der Waals surface area contributed by atoms with Gasteiger partial charge >= 0.3 is 5.97 Å². The van der Waals surface area contributed by atoms with Crippen molar-refractivity contribution in [3.63, 3.8) is 0 Å². The van der Waals surface area contributed by atoms with E-state index < -0.39 is 5.97 Å². The molecule has 0 aromatic carbocycles. The van der Waals surface area contributed by atoms with Crippen molar-refractivity contribution in [3.8, 4) is 0 Å². The van der Waals surface area contributed by atoms with Crippen LogP contribution >= 0.6 is 11.3 Å². The van der Waals surface area contributed by atoms with E-state index in [4.69, 9.17) is 5.11 Å². The number of carboxylic acids is 1. The standard InChI is InChI=1S/C14H17N3O2S/c18-12(19)5-4-10-3-1-2-7-17(10)13-11-6-8-20-14(11)16-9-15-13/h6,8-10H,1-5,7H2,(H,18,19). The number of aromatic nitrogens is 2. The van der Waals surface area contributed by atoms with Gasteiger partial charge in [0.2, 0.25) is 0 Å². The van der Waals surface area contributed by atoms with Crippen LogP contribution in [-0.2, 0) is 4.79 Å². The summed E-state index contributed by atoms with van der Waals surface area (Å²) < 4.78 is 0. The molecule has 1 aliphatic heterocycles. The molecule has 5 nitrogen and oxygen atoms in total. The highest BCUT2D eigenvalue weighted by Gasteiger charge is 2.25. The summed E-state index contributed by atoms with van der Waals surface area (Å²) in [5.74, 6) is 0.241. The van der Waals surface area contributed by atoms with Crippen LogP contribution in [0, 0.1) is 0 Å². The number of thiophene rings is 1. The van der Waals surface area contributed by atoms with Gasteiger partial charge in [0.25, 0.3) is 0 Å². The van der Waals surface area contributed by atoms with Gasteiger partial charge in [-0.05, 0) is 37.1 Å². The van der Waals surface area contributed by atoms with E-state index in [1.807, 2.05) is 5.38 Å². The Hall–Kier alpha value is -1.69. The Morgan fingerprint density at radius 1 is 1.45 bits per heavy atom. The summed E-state index contributed by atoms with van der Waals surface area (Å²) in [5.41, 5.74) is 0. The zero-order valence-corrected chi connectivity index (χ0v) is 12.0. The van der Waals surface area contributed by atoms with Crippen molar-refractivity contribution in [2.45, 2.75) is 38.1 Å². The van der Waals surface area contributed by atoms with Crippen LogP contribution in [0.5, 0.6) is 0 Å². The van der Waals surface area contributed by atoms with E-state index in [1.165, 1.54) is 6.42 Å². The number of rotatable bonds is 4. The SMILES string of the molecule is O=C(O)CCC1CCCCN1c1ncnc2sccc12. The van der Waals surface area contributed by atoms with Crippen molar-refractivity contribution in [2.75, 3.05) is 11.4 Å². The second-order valence-electron chi connectivity index (χ2n) is 5.11. The van der Waals surface area contributed by atoms with Crippen LogP contribution in [0.15, 0.2) is 17.8 Å². The van der Waals surface area contributed by atoms with Crippen molar-refractivity contribution >= 4 is 33.3 Å². The lowest BCUT2D eigenvalue weighted by atomic mass is 9.97. The smallest absolute Gasteiger partial charge is 0.303 e. The number of anilines is 1. The maximum absolute atomic E-state index is 10.8. The van der Waals surface area contributed by atoms with Crippen LogP contribution in [0.3, 0.4) is 0 Å². The summed E-state index contributed by atoms with van der Waals surface area (Å²) in [5, 5.41) is 12.0. The second-order valence-corrected chi connectivity index (χ2v) is 6.01. The molecule has 1 unspecified atom stereocenters. The van der Waals surface area contributed by atoms with E-state index in [0.29, 0.717) is 6.42 Å². The van der Waals surface area contributed by atoms with Crippen molar-refractivity contribution in [2.24, 2.45) is 0 Å². The van der Waals surface area contributed by atoms with E-state index in [1.54, 1.807) is 17.7 Å². The van der Waals surface area contributed by atoms with Crippen molar-refractivity contribution in [3.05, 3.63) is 17.8 Å². The second kappa shape index (κ2) is 5.75. The average molecular weight is 291 g/mol. The zero-order valence-electron chi connectivity index (χ0n) is 11.2. The van der Waals surface area contributed by atoms with Crippen molar-refractivity contribution < 1.29 is 9.90 Å². The Labute approximate surface area is 121 Å². The third kappa shape index (κ3) is 2.60. The van der Waals surface area contributed by atoms with Gasteiger partial charge in [0, 0.05) is 19.0 Å². The first-order chi connectivity index (χ1) is 9.75. The van der Waals surface area contributed by atoms with E-state index in [9.17, 15) is 4.79 Å². The van der Waals surface area contributed by atoms with E-state index in [-0.39, 0.29) is 12.5 Å². The Balaban J connectivity index is 1.89. The lowest BCUT2D eigenvalue weighted by molar-refractivity contribution is -0.137. The molecule has 2 aromatic heterocycles. The molecule has 0 bridgehead atoms. The molecule has 0 radical (unpaired) electrons. The minimum absolute atomic E-state index is 0.221. The summed E-state index contributed by atoms with van der Waals surface area (Å²) in [4.78, 5) is 22.8. The van der Waals surface area contributed by atoms with Crippen LogP contribution in [0.2, 0.25) is 0 Å². The molecule has 1 N–H and O–H groups in total. The highest BCUT2D eigenvalue weighted by atomic mass is 32.1. The van der Waals surface area contributed by atoms with E-state index in [2.05, 4.69) is 20.9 Å². The van der Waals surface area contributed by atoms with Crippen LogP contribution in [0.4, 0.5) is 5.82 Å². The number of piperidine rings is 1. The maximum atomic E-state index is 10.8. The average Bonchev–Trinajstić information content (AvgIpc) is 2.93. The zero-order chi connectivity index (χ0) is 13.9. The van der Waals surface area contributed by atoms with E-state index >= 15 is 0 Å². The Morgan fingerprint density at radius 2 is 2.35 bits per heavy atom. The summed E-state index contributed by atoms with van der Waals surface area (Å²) in [6.07, 6.45) is 5.86. The molecule has 1 atom stereocenters. The molecule has 20 heavy (non-hydrogen) atoms. The lowest BCUT2D eigenvalue weighted by Crippen LogP contribution is -2.40. The molecular weight excluding hydrogens is 274 g/mol. The number of hydrogen-bond acceptors (Lipinski definition) is 5. The number of carboxylic acid groups (broad SMARTS) is 1. The first kappa shape index (κ1) is 13.3. The molecule has 2 aromatic rings. The normalized spacial score (nSPS) is 19.4. The van der Waals surface area contributed by atoms with Gasteiger partial charge in [0.15, 0.2) is 0 Å². The fraction of sp³-hybridized carbons (Fsp3) is 0.500. The van der Waals surface area contributed by atoms with Gasteiger partial charge in [-0.2, -0.15) is 0 Å². The molecule has 1 saturated heterocycles. The Kier molecular flexibility index (Phi) is 3.82. The first-order valence-electron chi connectivity index (χ1n) is 6.92. The predicted octanol–water partition coefficient (Wildman–Crippen LogP) is 2.92. The molecule has 0 aliphatic carbocycles. The van der Waals surface area contributed by atoms with Crippen LogP contribution in [-0.4, -0.2) is 33.6 Å². The minimum Gasteiger partial charge on any atom is -0.481 e. The molecule has 0 amide bonds.